The molecule has 1 saturated carbocycles. The normalized spacial score (nSPS) is 16.4. The summed E-state index contributed by atoms with van der Waals surface area (Å²) >= 11 is 0. The number of pyridine rings is 1. The van der Waals surface area contributed by atoms with Crippen LogP contribution in [0.2, 0.25) is 0 Å². The van der Waals surface area contributed by atoms with E-state index >= 15 is 0 Å². The third kappa shape index (κ3) is 2.68. The van der Waals surface area contributed by atoms with Crippen molar-refractivity contribution < 1.29 is 4.74 Å². The molecule has 2 aromatic rings. The highest BCUT2D eigenvalue weighted by Crippen LogP contribution is 2.40. The molecule has 1 fully saturated rings. The van der Waals surface area contributed by atoms with Crippen LogP contribution in [0.4, 0.5) is 0 Å². The Bertz CT molecular complexity index is 541. The fraction of sp³-hybridized carbons (Fsp3) is 0.353. The molecule has 3 rings (SSSR count). The predicted molar refractivity (Wildman–Crippen MR) is 80.5 cm³/mol. The summed E-state index contributed by atoms with van der Waals surface area (Å²) in [7, 11) is 0. The van der Waals surface area contributed by atoms with Crippen LogP contribution in [0.15, 0.2) is 48.8 Å². The van der Waals surface area contributed by atoms with Crippen LogP contribution < -0.4 is 10.5 Å². The largest absolute Gasteiger partial charge is 0.493 e. The van der Waals surface area contributed by atoms with E-state index in [9.17, 15) is 0 Å². The number of rotatable bonds is 5. The Hall–Kier alpha value is -1.87. The van der Waals surface area contributed by atoms with Gasteiger partial charge in [0.1, 0.15) is 5.75 Å². The van der Waals surface area contributed by atoms with Gasteiger partial charge in [-0.3, -0.25) is 4.98 Å². The second-order valence-electron chi connectivity index (χ2n) is 5.61. The molecule has 1 aromatic carbocycles. The van der Waals surface area contributed by atoms with E-state index in [0.717, 1.165) is 30.0 Å². The van der Waals surface area contributed by atoms with Crippen molar-refractivity contribution >= 4 is 0 Å². The van der Waals surface area contributed by atoms with Gasteiger partial charge in [-0.05, 0) is 42.2 Å². The zero-order valence-corrected chi connectivity index (χ0v) is 11.6. The van der Waals surface area contributed by atoms with Crippen molar-refractivity contribution in [2.45, 2.75) is 19.3 Å². The summed E-state index contributed by atoms with van der Waals surface area (Å²) < 4.78 is 5.90. The molecule has 0 unspecified atom stereocenters. The van der Waals surface area contributed by atoms with Gasteiger partial charge in [-0.1, -0.05) is 24.6 Å². The molecule has 20 heavy (non-hydrogen) atoms. The number of aromatic nitrogens is 1. The Morgan fingerprint density at radius 2 is 1.90 bits per heavy atom. The highest BCUT2D eigenvalue weighted by molar-refractivity contribution is 5.62. The van der Waals surface area contributed by atoms with Gasteiger partial charge in [-0.15, -0.1) is 0 Å². The lowest BCUT2D eigenvalue weighted by atomic mass is 9.69. The fourth-order valence-electron chi connectivity index (χ4n) is 2.60. The van der Waals surface area contributed by atoms with E-state index in [2.05, 4.69) is 23.2 Å². The van der Waals surface area contributed by atoms with Crippen LogP contribution in [-0.2, 0) is 0 Å². The molecule has 1 aromatic heterocycles. The number of hydrogen-bond donors (Lipinski definition) is 1. The number of nitrogens with zero attached hydrogens (tertiary/aromatic N) is 1. The summed E-state index contributed by atoms with van der Waals surface area (Å²) in [5, 5.41) is 0. The molecule has 0 radical (unpaired) electrons. The lowest BCUT2D eigenvalue weighted by Gasteiger charge is -2.40. The third-order valence-corrected chi connectivity index (χ3v) is 4.24. The lowest BCUT2D eigenvalue weighted by Crippen LogP contribution is -2.42. The molecule has 0 atom stereocenters. The van der Waals surface area contributed by atoms with Crippen molar-refractivity contribution in [3.8, 4) is 16.9 Å². The predicted octanol–water partition coefficient (Wildman–Crippen LogP) is 3.26. The van der Waals surface area contributed by atoms with Gasteiger partial charge < -0.3 is 10.5 Å². The van der Waals surface area contributed by atoms with Crippen LogP contribution in [-0.4, -0.2) is 18.1 Å². The maximum atomic E-state index is 5.90. The van der Waals surface area contributed by atoms with E-state index in [0.29, 0.717) is 0 Å². The van der Waals surface area contributed by atoms with Crippen LogP contribution in [0.5, 0.6) is 5.75 Å². The monoisotopic (exact) mass is 268 g/mol. The fourth-order valence-corrected chi connectivity index (χ4v) is 2.60. The first-order valence-corrected chi connectivity index (χ1v) is 7.15. The van der Waals surface area contributed by atoms with Gasteiger partial charge in [0.15, 0.2) is 0 Å². The first-order valence-electron chi connectivity index (χ1n) is 7.15. The summed E-state index contributed by atoms with van der Waals surface area (Å²) in [5.41, 5.74) is 8.35. The Morgan fingerprint density at radius 1 is 1.10 bits per heavy atom. The SMILES string of the molecule is NCC1(COc2ccc(-c3cccnc3)cc2)CCC1. The Labute approximate surface area is 119 Å². The van der Waals surface area contributed by atoms with E-state index in [1.54, 1.807) is 6.20 Å². The molecule has 0 bridgehead atoms. The molecular formula is C17H20N2O. The van der Waals surface area contributed by atoms with Crippen LogP contribution in [0.1, 0.15) is 19.3 Å². The van der Waals surface area contributed by atoms with Crippen molar-refractivity contribution in [2.24, 2.45) is 11.1 Å². The van der Waals surface area contributed by atoms with Crippen molar-refractivity contribution in [1.82, 2.24) is 4.98 Å². The number of benzene rings is 1. The average molecular weight is 268 g/mol. The lowest BCUT2D eigenvalue weighted by molar-refractivity contribution is 0.0668. The van der Waals surface area contributed by atoms with Gasteiger partial charge >= 0.3 is 0 Å². The van der Waals surface area contributed by atoms with Crippen LogP contribution in [0.25, 0.3) is 11.1 Å². The number of hydrogen-bond acceptors (Lipinski definition) is 3. The number of nitrogens with two attached hydrogens (primary N) is 1. The molecule has 0 aliphatic heterocycles. The molecule has 2 N–H and O–H groups in total. The summed E-state index contributed by atoms with van der Waals surface area (Å²) in [6.45, 7) is 1.45. The summed E-state index contributed by atoms with van der Waals surface area (Å²) in [6.07, 6.45) is 7.31. The smallest absolute Gasteiger partial charge is 0.119 e. The summed E-state index contributed by atoms with van der Waals surface area (Å²) in [5.74, 6) is 0.914. The van der Waals surface area contributed by atoms with Crippen LogP contribution in [0.3, 0.4) is 0 Å². The standard InChI is InChI=1S/C17H20N2O/c18-12-17(8-2-9-17)13-20-16-6-4-14(5-7-16)15-3-1-10-19-11-15/h1,3-7,10-11H,2,8-9,12-13,18H2. The molecule has 1 aliphatic carbocycles. The van der Waals surface area contributed by atoms with Crippen molar-refractivity contribution in [1.29, 1.82) is 0 Å². The molecule has 1 heterocycles. The molecule has 3 heteroatoms. The minimum atomic E-state index is 0.224. The quantitative estimate of drug-likeness (QED) is 0.905. The zero-order chi connectivity index (χ0) is 13.8. The second-order valence-corrected chi connectivity index (χ2v) is 5.61. The topological polar surface area (TPSA) is 48.1 Å². The molecular weight excluding hydrogens is 248 g/mol. The van der Waals surface area contributed by atoms with Crippen LogP contribution >= 0.6 is 0 Å². The first-order chi connectivity index (χ1) is 9.81. The molecule has 0 saturated heterocycles. The Balaban J connectivity index is 1.65. The first kappa shape index (κ1) is 13.1. The Morgan fingerprint density at radius 3 is 2.45 bits per heavy atom. The summed E-state index contributed by atoms with van der Waals surface area (Å²) in [6, 6.07) is 12.2. The summed E-state index contributed by atoms with van der Waals surface area (Å²) in [4.78, 5) is 4.14. The molecule has 104 valence electrons. The van der Waals surface area contributed by atoms with Crippen LogP contribution in [0, 0.1) is 5.41 Å². The minimum absolute atomic E-state index is 0.224. The van der Waals surface area contributed by atoms with E-state index in [-0.39, 0.29) is 5.41 Å². The van der Waals surface area contributed by atoms with Gasteiger partial charge in [0.05, 0.1) is 6.61 Å². The van der Waals surface area contributed by atoms with E-state index in [1.165, 1.54) is 19.3 Å². The van der Waals surface area contributed by atoms with E-state index in [4.69, 9.17) is 10.5 Å². The van der Waals surface area contributed by atoms with Crippen molar-refractivity contribution in [3.05, 3.63) is 48.8 Å². The van der Waals surface area contributed by atoms with Gasteiger partial charge in [0.25, 0.3) is 0 Å². The molecule has 0 amide bonds. The maximum absolute atomic E-state index is 5.90. The number of ether oxygens (including phenoxy) is 1. The van der Waals surface area contributed by atoms with Gasteiger partial charge in [0.2, 0.25) is 0 Å². The van der Waals surface area contributed by atoms with Gasteiger partial charge in [-0.2, -0.15) is 0 Å². The Kier molecular flexibility index (Phi) is 3.70. The average Bonchev–Trinajstić information content (AvgIpc) is 2.48. The minimum Gasteiger partial charge on any atom is -0.493 e. The highest BCUT2D eigenvalue weighted by Gasteiger charge is 2.36. The maximum Gasteiger partial charge on any atom is 0.119 e. The van der Waals surface area contributed by atoms with E-state index < -0.39 is 0 Å². The van der Waals surface area contributed by atoms with Gasteiger partial charge in [0, 0.05) is 24.4 Å². The van der Waals surface area contributed by atoms with E-state index in [1.807, 2.05) is 24.4 Å². The molecule has 3 nitrogen and oxygen atoms in total. The molecule has 0 spiro atoms. The third-order valence-electron chi connectivity index (χ3n) is 4.24. The van der Waals surface area contributed by atoms with Gasteiger partial charge in [-0.25, -0.2) is 0 Å². The molecule has 1 aliphatic rings. The van der Waals surface area contributed by atoms with Crippen molar-refractivity contribution in [3.63, 3.8) is 0 Å². The second kappa shape index (κ2) is 5.63. The zero-order valence-electron chi connectivity index (χ0n) is 11.6. The van der Waals surface area contributed by atoms with Crippen molar-refractivity contribution in [2.75, 3.05) is 13.2 Å². The highest BCUT2D eigenvalue weighted by atomic mass is 16.5.